The molecule has 0 saturated carbocycles. The summed E-state index contributed by atoms with van der Waals surface area (Å²) >= 11 is 4.98. The van der Waals surface area contributed by atoms with Crippen molar-refractivity contribution in [1.82, 2.24) is 0 Å². The van der Waals surface area contributed by atoms with Crippen molar-refractivity contribution in [2.24, 2.45) is 0 Å². The summed E-state index contributed by atoms with van der Waals surface area (Å²) in [5.74, 6) is 0.620. The number of Topliss-reactive ketones (excluding diaryl/α,β-unsaturated/α-hetero) is 1. The van der Waals surface area contributed by atoms with E-state index in [1.807, 2.05) is 66.7 Å². The molecule has 0 aliphatic carbocycles. The van der Waals surface area contributed by atoms with E-state index in [-0.39, 0.29) is 5.78 Å². The summed E-state index contributed by atoms with van der Waals surface area (Å²) in [6, 6.07) is 21.9. The Morgan fingerprint density at radius 3 is 2.43 bits per heavy atom. The summed E-state index contributed by atoms with van der Waals surface area (Å²) in [5, 5.41) is 2.14. The van der Waals surface area contributed by atoms with Crippen LogP contribution in [0.4, 0.5) is 0 Å². The summed E-state index contributed by atoms with van der Waals surface area (Å²) in [6.45, 7) is 0. The van der Waals surface area contributed by atoms with Gasteiger partial charge in [0.05, 0.1) is 5.75 Å². The highest BCUT2D eigenvalue weighted by atomic mass is 79.9. The van der Waals surface area contributed by atoms with Gasteiger partial charge in [-0.25, -0.2) is 0 Å². The van der Waals surface area contributed by atoms with Gasteiger partial charge in [-0.05, 0) is 35.0 Å². The largest absolute Gasteiger partial charge is 0.293 e. The van der Waals surface area contributed by atoms with E-state index in [4.69, 9.17) is 0 Å². The Balaban J connectivity index is 1.79. The predicted molar refractivity (Wildman–Crippen MR) is 93.1 cm³/mol. The summed E-state index contributed by atoms with van der Waals surface area (Å²) < 4.78 is 1.05. The quantitative estimate of drug-likeness (QED) is 0.448. The van der Waals surface area contributed by atoms with Gasteiger partial charge in [-0.2, -0.15) is 0 Å². The third-order valence-electron chi connectivity index (χ3n) is 3.27. The molecule has 0 N–H and O–H groups in total. The van der Waals surface area contributed by atoms with E-state index >= 15 is 0 Å². The molecule has 3 aromatic carbocycles. The van der Waals surface area contributed by atoms with Crippen molar-refractivity contribution < 1.29 is 4.79 Å². The molecule has 3 rings (SSSR count). The summed E-state index contributed by atoms with van der Waals surface area (Å²) in [5.41, 5.74) is 0.803. The average Bonchev–Trinajstić information content (AvgIpc) is 2.53. The number of rotatable bonds is 4. The highest BCUT2D eigenvalue weighted by Gasteiger charge is 2.10. The van der Waals surface area contributed by atoms with E-state index in [9.17, 15) is 4.79 Å². The molecule has 0 heterocycles. The number of ketones is 1. The normalized spacial score (nSPS) is 10.7. The fraction of sp³-hybridized carbons (Fsp3) is 0.0556. The number of fused-ring (bicyclic) bond motifs is 1. The first kappa shape index (κ1) is 14.4. The first-order valence-electron chi connectivity index (χ1n) is 6.63. The Kier molecular flexibility index (Phi) is 4.42. The maximum absolute atomic E-state index is 12.5. The van der Waals surface area contributed by atoms with Crippen LogP contribution in [0.2, 0.25) is 0 Å². The molecule has 0 bridgehead atoms. The molecule has 0 atom stereocenters. The van der Waals surface area contributed by atoms with E-state index < -0.39 is 0 Å². The van der Waals surface area contributed by atoms with E-state index in [0.29, 0.717) is 5.75 Å². The van der Waals surface area contributed by atoms with Crippen LogP contribution < -0.4 is 0 Å². The van der Waals surface area contributed by atoms with Crippen molar-refractivity contribution in [3.63, 3.8) is 0 Å². The number of thioether (sulfide) groups is 1. The molecule has 1 nitrogen and oxygen atoms in total. The van der Waals surface area contributed by atoms with Crippen molar-refractivity contribution in [2.45, 2.75) is 4.90 Å². The Morgan fingerprint density at radius 1 is 0.905 bits per heavy atom. The molecule has 0 saturated heterocycles. The van der Waals surface area contributed by atoms with Gasteiger partial charge in [0.2, 0.25) is 0 Å². The molecular weight excluding hydrogens is 344 g/mol. The Labute approximate surface area is 136 Å². The number of carbonyl (C=O) groups excluding carboxylic acids is 1. The third kappa shape index (κ3) is 3.36. The molecule has 0 aliphatic heterocycles. The van der Waals surface area contributed by atoms with Crippen molar-refractivity contribution >= 4 is 44.2 Å². The molecule has 21 heavy (non-hydrogen) atoms. The minimum absolute atomic E-state index is 0.166. The van der Waals surface area contributed by atoms with Crippen LogP contribution in [0.25, 0.3) is 10.8 Å². The lowest BCUT2D eigenvalue weighted by Crippen LogP contribution is -2.03. The van der Waals surface area contributed by atoms with Crippen LogP contribution >= 0.6 is 27.7 Å². The standard InChI is InChI=1S/C18H13BrOS/c19-14-8-10-15(11-9-14)21-12-18(20)17-7-3-5-13-4-1-2-6-16(13)17/h1-11H,12H2. The molecule has 0 radical (unpaired) electrons. The van der Waals surface area contributed by atoms with Crippen molar-refractivity contribution in [1.29, 1.82) is 0 Å². The van der Waals surface area contributed by atoms with Crippen LogP contribution in [0.5, 0.6) is 0 Å². The van der Waals surface area contributed by atoms with Crippen molar-refractivity contribution in [3.05, 3.63) is 76.8 Å². The lowest BCUT2D eigenvalue weighted by molar-refractivity contribution is 0.102. The number of carbonyl (C=O) groups is 1. The Hall–Kier alpha value is -1.58. The molecule has 0 spiro atoms. The minimum atomic E-state index is 0.166. The molecule has 0 aliphatic rings. The van der Waals surface area contributed by atoms with Gasteiger partial charge in [0.15, 0.2) is 5.78 Å². The highest BCUT2D eigenvalue weighted by molar-refractivity contribution is 9.10. The van der Waals surface area contributed by atoms with E-state index in [1.165, 1.54) is 0 Å². The van der Waals surface area contributed by atoms with Crippen molar-refractivity contribution in [3.8, 4) is 0 Å². The zero-order valence-electron chi connectivity index (χ0n) is 11.3. The fourth-order valence-electron chi connectivity index (χ4n) is 2.23. The summed E-state index contributed by atoms with van der Waals surface area (Å²) in [7, 11) is 0. The van der Waals surface area contributed by atoms with E-state index in [1.54, 1.807) is 11.8 Å². The maximum atomic E-state index is 12.5. The van der Waals surface area contributed by atoms with Gasteiger partial charge in [-0.1, -0.05) is 58.4 Å². The fourth-order valence-corrected chi connectivity index (χ4v) is 3.27. The van der Waals surface area contributed by atoms with Gasteiger partial charge >= 0.3 is 0 Å². The SMILES string of the molecule is O=C(CSc1ccc(Br)cc1)c1cccc2ccccc12. The molecule has 3 aromatic rings. The second-order valence-corrected chi connectivity index (χ2v) is 6.66. The van der Waals surface area contributed by atoms with E-state index in [2.05, 4.69) is 15.9 Å². The topological polar surface area (TPSA) is 17.1 Å². The smallest absolute Gasteiger partial charge is 0.173 e. The van der Waals surface area contributed by atoms with Crippen molar-refractivity contribution in [2.75, 3.05) is 5.75 Å². The van der Waals surface area contributed by atoms with Gasteiger partial charge in [0.1, 0.15) is 0 Å². The zero-order valence-corrected chi connectivity index (χ0v) is 13.7. The van der Waals surface area contributed by atoms with Gasteiger partial charge in [-0.3, -0.25) is 4.79 Å². The second kappa shape index (κ2) is 6.46. The minimum Gasteiger partial charge on any atom is -0.293 e. The number of benzene rings is 3. The average molecular weight is 357 g/mol. The van der Waals surface area contributed by atoms with Crippen LogP contribution in [0.15, 0.2) is 76.1 Å². The molecule has 0 fully saturated rings. The summed E-state index contributed by atoms with van der Waals surface area (Å²) in [4.78, 5) is 13.6. The first-order chi connectivity index (χ1) is 10.2. The lowest BCUT2D eigenvalue weighted by atomic mass is 10.0. The van der Waals surface area contributed by atoms with Gasteiger partial charge in [0.25, 0.3) is 0 Å². The van der Waals surface area contributed by atoms with Crippen LogP contribution in [0, 0.1) is 0 Å². The number of halogens is 1. The predicted octanol–water partition coefficient (Wildman–Crippen LogP) is 5.58. The van der Waals surface area contributed by atoms with Crippen LogP contribution in [-0.2, 0) is 0 Å². The molecule has 0 unspecified atom stereocenters. The molecule has 104 valence electrons. The van der Waals surface area contributed by atoms with Gasteiger partial charge in [0, 0.05) is 14.9 Å². The number of hydrogen-bond acceptors (Lipinski definition) is 2. The van der Waals surface area contributed by atoms with Gasteiger partial charge < -0.3 is 0 Å². The second-order valence-electron chi connectivity index (χ2n) is 4.69. The monoisotopic (exact) mass is 356 g/mol. The first-order valence-corrected chi connectivity index (χ1v) is 8.41. The summed E-state index contributed by atoms with van der Waals surface area (Å²) in [6.07, 6.45) is 0. The molecule has 0 aromatic heterocycles. The van der Waals surface area contributed by atoms with Gasteiger partial charge in [-0.15, -0.1) is 11.8 Å². The Bertz CT molecular complexity index is 775. The molecule has 0 amide bonds. The third-order valence-corrected chi connectivity index (χ3v) is 4.81. The van der Waals surface area contributed by atoms with Crippen LogP contribution in [0.1, 0.15) is 10.4 Å². The highest BCUT2D eigenvalue weighted by Crippen LogP contribution is 2.24. The van der Waals surface area contributed by atoms with Crippen LogP contribution in [0.3, 0.4) is 0 Å². The molecular formula is C18H13BrOS. The number of hydrogen-bond donors (Lipinski definition) is 0. The lowest BCUT2D eigenvalue weighted by Gasteiger charge is -2.06. The van der Waals surface area contributed by atoms with E-state index in [0.717, 1.165) is 25.7 Å². The molecule has 3 heteroatoms. The zero-order chi connectivity index (χ0) is 14.7. The Morgan fingerprint density at radius 2 is 1.62 bits per heavy atom. The maximum Gasteiger partial charge on any atom is 0.173 e. The van der Waals surface area contributed by atoms with Crippen LogP contribution in [-0.4, -0.2) is 11.5 Å².